The number of ether oxygens (including phenoxy) is 2. The summed E-state index contributed by atoms with van der Waals surface area (Å²) in [5, 5.41) is 21.0. The van der Waals surface area contributed by atoms with Crippen molar-refractivity contribution in [3.05, 3.63) is 34.5 Å². The summed E-state index contributed by atoms with van der Waals surface area (Å²) < 4.78 is 44.7. The maximum Gasteiger partial charge on any atom is 0.319 e. The highest BCUT2D eigenvalue weighted by molar-refractivity contribution is 7.23. The number of nitrogens with zero attached hydrogens (tertiary/aromatic N) is 7. The number of nitrogens with two attached hydrogens (primary N) is 1. The second kappa shape index (κ2) is 11.7. The third-order valence-electron chi connectivity index (χ3n) is 10.2. The van der Waals surface area contributed by atoms with Gasteiger partial charge in [-0.15, -0.1) is 11.3 Å². The van der Waals surface area contributed by atoms with Crippen molar-refractivity contribution >= 4 is 43.1 Å². The van der Waals surface area contributed by atoms with Crippen LogP contribution in [0.25, 0.3) is 32.2 Å². The van der Waals surface area contributed by atoms with Crippen LogP contribution in [0.1, 0.15) is 49.3 Å². The number of thiophene rings is 1. The molecular weight excluding hydrogens is 626 g/mol. The number of likely N-dealkylation sites (tertiary alicyclic amines) is 2. The van der Waals surface area contributed by atoms with Gasteiger partial charge in [-0.05, 0) is 57.3 Å². The molecule has 8 rings (SSSR count). The van der Waals surface area contributed by atoms with E-state index in [1.807, 2.05) is 0 Å². The van der Waals surface area contributed by atoms with E-state index in [0.29, 0.717) is 29.9 Å². The molecule has 246 valence electrons. The lowest BCUT2D eigenvalue weighted by atomic mass is 9.93. The van der Waals surface area contributed by atoms with Crippen molar-refractivity contribution in [2.75, 3.05) is 50.5 Å². The highest BCUT2D eigenvalue weighted by atomic mass is 32.1. The highest BCUT2D eigenvalue weighted by Gasteiger charge is 2.43. The number of rotatable bonds is 7. The third-order valence-corrected chi connectivity index (χ3v) is 11.2. The Labute approximate surface area is 274 Å². The summed E-state index contributed by atoms with van der Waals surface area (Å²) in [6, 6.07) is 2.60. The molecule has 3 N–H and O–H groups in total. The number of nitrogen functional groups attached to an aromatic ring is 1. The number of halogens is 2. The van der Waals surface area contributed by atoms with Gasteiger partial charge in [0.1, 0.15) is 29.0 Å². The van der Waals surface area contributed by atoms with Crippen LogP contribution < -0.4 is 15.4 Å². The van der Waals surface area contributed by atoms with Crippen LogP contribution in [0.3, 0.4) is 0 Å². The second-order valence-electron chi connectivity index (χ2n) is 13.3. The van der Waals surface area contributed by atoms with Crippen molar-refractivity contribution in [2.24, 2.45) is 0 Å². The summed E-state index contributed by atoms with van der Waals surface area (Å²) >= 11 is 0.946. The molecule has 3 aromatic heterocycles. The molecule has 0 saturated carbocycles. The molecule has 3 saturated heterocycles. The first-order valence-electron chi connectivity index (χ1n) is 16.1. The largest absolute Gasteiger partial charge is 0.462 e. The summed E-state index contributed by atoms with van der Waals surface area (Å²) in [6.45, 7) is 5.58. The van der Waals surface area contributed by atoms with Gasteiger partial charge in [0.2, 0.25) is 0 Å². The van der Waals surface area contributed by atoms with E-state index in [4.69, 9.17) is 25.2 Å². The topological polar surface area (TPSA) is 137 Å². The fourth-order valence-electron chi connectivity index (χ4n) is 8.10. The average molecular weight is 663 g/mol. The number of benzene rings is 1. The smallest absolute Gasteiger partial charge is 0.319 e. The molecule has 0 spiro atoms. The fourth-order valence-corrected chi connectivity index (χ4v) is 9.02. The van der Waals surface area contributed by atoms with Crippen molar-refractivity contribution in [3.8, 4) is 23.3 Å². The Morgan fingerprint density at radius 2 is 1.94 bits per heavy atom. The standard InChI is InChI=1S/C33H36F2N8O3S/c1-16(44)10-42-11-17-5-6-18(12-42)43(17)32-26-22-15-45-14-21(22)24(28-25-20(8-36)31(37)47-30(25)23(34)9-38-28)27(35)29(26)39-33(40-32)46-13-19-4-3-7-41(19)2/h9,16-19,44H,3-7,10-15,37H2,1-2H3/t16?,17?,18?,19-/m0/s1. The number of aliphatic hydroxyl groups is 1. The van der Waals surface area contributed by atoms with E-state index in [1.165, 1.54) is 0 Å². The quantitative estimate of drug-likeness (QED) is 0.295. The van der Waals surface area contributed by atoms with Gasteiger partial charge in [0.05, 0.1) is 46.9 Å². The molecule has 14 heteroatoms. The van der Waals surface area contributed by atoms with Crippen molar-refractivity contribution in [1.29, 1.82) is 5.26 Å². The number of hydrogen-bond acceptors (Lipinski definition) is 12. The van der Waals surface area contributed by atoms with Gasteiger partial charge in [-0.2, -0.15) is 15.2 Å². The lowest BCUT2D eigenvalue weighted by Crippen LogP contribution is -2.55. The van der Waals surface area contributed by atoms with E-state index in [1.54, 1.807) is 6.92 Å². The molecule has 1 aromatic carbocycles. The summed E-state index contributed by atoms with van der Waals surface area (Å²) in [5.74, 6) is -0.654. The van der Waals surface area contributed by atoms with Gasteiger partial charge in [-0.25, -0.2) is 8.78 Å². The zero-order valence-electron chi connectivity index (χ0n) is 26.3. The molecule has 7 heterocycles. The van der Waals surface area contributed by atoms with E-state index in [0.717, 1.165) is 68.4 Å². The van der Waals surface area contributed by atoms with Crippen LogP contribution in [-0.4, -0.2) is 93.9 Å². The number of hydrogen-bond donors (Lipinski definition) is 2. The number of nitriles is 1. The summed E-state index contributed by atoms with van der Waals surface area (Å²) in [6.07, 6.45) is 4.57. The minimum atomic E-state index is -0.648. The molecule has 4 aliphatic rings. The van der Waals surface area contributed by atoms with Crippen LogP contribution >= 0.6 is 11.3 Å². The number of pyridine rings is 1. The number of anilines is 2. The van der Waals surface area contributed by atoms with Gasteiger partial charge in [-0.3, -0.25) is 9.88 Å². The summed E-state index contributed by atoms with van der Waals surface area (Å²) in [5.41, 5.74) is 7.86. The molecule has 11 nitrogen and oxygen atoms in total. The number of aliphatic hydroxyl groups excluding tert-OH is 1. The Morgan fingerprint density at radius 1 is 1.17 bits per heavy atom. The molecule has 0 amide bonds. The summed E-state index contributed by atoms with van der Waals surface area (Å²) in [7, 11) is 2.07. The molecule has 3 fully saturated rings. The molecule has 47 heavy (non-hydrogen) atoms. The molecule has 0 aliphatic carbocycles. The Kier molecular flexibility index (Phi) is 7.64. The van der Waals surface area contributed by atoms with Crippen LogP contribution in [0.4, 0.5) is 19.6 Å². The number of aromatic nitrogens is 3. The van der Waals surface area contributed by atoms with Crippen LogP contribution in [0.2, 0.25) is 0 Å². The molecule has 0 radical (unpaired) electrons. The van der Waals surface area contributed by atoms with Crippen molar-refractivity contribution in [3.63, 3.8) is 0 Å². The van der Waals surface area contributed by atoms with Crippen molar-refractivity contribution in [2.45, 2.75) is 70.1 Å². The Morgan fingerprint density at radius 3 is 2.64 bits per heavy atom. The average Bonchev–Trinajstić information content (AvgIpc) is 3.82. The number of β-amino-alcohol motifs (C(OH)–C–C–N with tert-alkyl or cyclic N) is 1. The zero-order valence-corrected chi connectivity index (χ0v) is 27.1. The molecule has 3 unspecified atom stereocenters. The molecular formula is C33H36F2N8O3S. The van der Waals surface area contributed by atoms with Gasteiger partial charge < -0.3 is 30.1 Å². The van der Waals surface area contributed by atoms with E-state index in [9.17, 15) is 14.8 Å². The lowest BCUT2D eigenvalue weighted by molar-refractivity contribution is 0.111. The molecule has 2 bridgehead atoms. The van der Waals surface area contributed by atoms with E-state index >= 15 is 4.39 Å². The van der Waals surface area contributed by atoms with E-state index < -0.39 is 17.7 Å². The number of likely N-dealkylation sites (N-methyl/N-ethyl adjacent to an activating group) is 1. The van der Waals surface area contributed by atoms with Crippen molar-refractivity contribution in [1.82, 2.24) is 24.8 Å². The SMILES string of the molecule is CC(O)CN1CC2CCC(C1)N2c1nc(OC[C@@H]2CCCN2C)nc2c(F)c(-c3ncc(F)c4sc(N)c(C#N)c34)c3c(c12)COC3. The predicted molar refractivity (Wildman–Crippen MR) is 174 cm³/mol. The predicted octanol–water partition coefficient (Wildman–Crippen LogP) is 4.18. The first kappa shape index (κ1) is 30.6. The van der Waals surface area contributed by atoms with E-state index in [-0.39, 0.29) is 74.8 Å². The minimum Gasteiger partial charge on any atom is -0.462 e. The summed E-state index contributed by atoms with van der Waals surface area (Å²) in [4.78, 5) is 20.9. The zero-order chi connectivity index (χ0) is 32.6. The second-order valence-corrected chi connectivity index (χ2v) is 14.3. The van der Waals surface area contributed by atoms with Crippen LogP contribution in [0, 0.1) is 23.0 Å². The maximum atomic E-state index is 17.3. The Hall–Kier alpha value is -3.74. The monoisotopic (exact) mass is 662 g/mol. The maximum absolute atomic E-state index is 17.3. The fraction of sp³-hybridized carbons (Fsp3) is 0.515. The lowest BCUT2D eigenvalue weighted by Gasteiger charge is -2.42. The van der Waals surface area contributed by atoms with Gasteiger partial charge in [0, 0.05) is 48.7 Å². The van der Waals surface area contributed by atoms with Crippen LogP contribution in [-0.2, 0) is 18.0 Å². The van der Waals surface area contributed by atoms with Crippen LogP contribution in [0.5, 0.6) is 6.01 Å². The molecule has 4 aromatic rings. The van der Waals surface area contributed by atoms with Gasteiger partial charge >= 0.3 is 6.01 Å². The van der Waals surface area contributed by atoms with Crippen molar-refractivity contribution < 1.29 is 23.4 Å². The third kappa shape index (κ3) is 4.98. The molecule has 4 aliphatic heterocycles. The van der Waals surface area contributed by atoms with Crippen LogP contribution in [0.15, 0.2) is 6.20 Å². The highest BCUT2D eigenvalue weighted by Crippen LogP contribution is 2.48. The first-order chi connectivity index (χ1) is 22.7. The Balaban J connectivity index is 1.34. The first-order valence-corrected chi connectivity index (χ1v) is 17.0. The van der Waals surface area contributed by atoms with Gasteiger partial charge in [-0.1, -0.05) is 0 Å². The van der Waals surface area contributed by atoms with E-state index in [2.05, 4.69) is 32.8 Å². The number of fused-ring (bicyclic) bond motifs is 6. The molecule has 4 atom stereocenters. The normalized spacial score (nSPS) is 23.6. The number of piperazine rings is 1. The van der Waals surface area contributed by atoms with Gasteiger partial charge in [0.25, 0.3) is 0 Å². The minimum absolute atomic E-state index is 0.0684. The van der Waals surface area contributed by atoms with Gasteiger partial charge in [0.15, 0.2) is 11.6 Å². The Bertz CT molecular complexity index is 1930.